The molecular formula is C9H15ClN2S. The van der Waals surface area contributed by atoms with Gasteiger partial charge in [-0.1, -0.05) is 0 Å². The number of hydrazine groups is 1. The molecule has 1 unspecified atom stereocenters. The van der Waals surface area contributed by atoms with E-state index in [1.807, 2.05) is 0 Å². The summed E-state index contributed by atoms with van der Waals surface area (Å²) in [6, 6.07) is 2.42. The van der Waals surface area contributed by atoms with Gasteiger partial charge in [0.05, 0.1) is 0 Å². The van der Waals surface area contributed by atoms with Crippen LogP contribution in [-0.2, 0) is 0 Å². The predicted octanol–water partition coefficient (Wildman–Crippen LogP) is 2.58. The van der Waals surface area contributed by atoms with E-state index in [1.165, 1.54) is 10.4 Å². The highest BCUT2D eigenvalue weighted by atomic mass is 35.5. The third-order valence-corrected chi connectivity index (χ3v) is 3.13. The van der Waals surface area contributed by atoms with Crippen molar-refractivity contribution in [2.45, 2.75) is 25.8 Å². The van der Waals surface area contributed by atoms with Crippen molar-refractivity contribution in [1.82, 2.24) is 5.43 Å². The van der Waals surface area contributed by atoms with Gasteiger partial charge in [0.2, 0.25) is 0 Å². The molecule has 1 rings (SSSR count). The van der Waals surface area contributed by atoms with Gasteiger partial charge in [0.1, 0.15) is 0 Å². The van der Waals surface area contributed by atoms with Crippen molar-refractivity contribution in [3.63, 3.8) is 0 Å². The molecule has 1 heterocycles. The van der Waals surface area contributed by atoms with Crippen LogP contribution in [0.5, 0.6) is 0 Å². The molecule has 0 spiro atoms. The molecule has 0 radical (unpaired) electrons. The number of hydrogen-bond acceptors (Lipinski definition) is 3. The third kappa shape index (κ3) is 3.27. The van der Waals surface area contributed by atoms with E-state index in [2.05, 4.69) is 23.8 Å². The zero-order chi connectivity index (χ0) is 9.68. The first-order chi connectivity index (χ1) is 6.27. The van der Waals surface area contributed by atoms with Gasteiger partial charge in [-0.15, -0.1) is 22.9 Å². The molecule has 3 N–H and O–H groups in total. The average molecular weight is 219 g/mol. The van der Waals surface area contributed by atoms with Gasteiger partial charge in [-0.05, 0) is 36.8 Å². The first-order valence-electron chi connectivity index (χ1n) is 4.35. The minimum atomic E-state index is 0.253. The van der Waals surface area contributed by atoms with E-state index < -0.39 is 0 Å². The Morgan fingerprint density at radius 3 is 2.92 bits per heavy atom. The molecule has 0 bridgehead atoms. The normalized spacial score (nSPS) is 13.2. The second-order valence-corrected chi connectivity index (χ2v) is 4.53. The molecule has 2 nitrogen and oxygen atoms in total. The van der Waals surface area contributed by atoms with Crippen LogP contribution in [0, 0.1) is 6.92 Å². The molecular weight excluding hydrogens is 204 g/mol. The number of hydrogen-bond donors (Lipinski definition) is 2. The quantitative estimate of drug-likeness (QED) is 0.453. The summed E-state index contributed by atoms with van der Waals surface area (Å²) in [6.07, 6.45) is 1.99. The van der Waals surface area contributed by atoms with Crippen molar-refractivity contribution in [3.8, 4) is 0 Å². The third-order valence-electron chi connectivity index (χ3n) is 1.98. The van der Waals surface area contributed by atoms with E-state index in [0.717, 1.165) is 12.8 Å². The molecule has 1 atom stereocenters. The minimum absolute atomic E-state index is 0.253. The summed E-state index contributed by atoms with van der Waals surface area (Å²) in [7, 11) is 0. The smallest absolute Gasteiger partial charge is 0.0468 e. The van der Waals surface area contributed by atoms with Crippen LogP contribution >= 0.6 is 22.9 Å². The standard InChI is InChI=1S/C9H15ClN2S/c1-7-5-8(6-13-7)9(12-11)3-2-4-10/h5-6,9,12H,2-4,11H2,1H3. The van der Waals surface area contributed by atoms with Crippen molar-refractivity contribution in [2.24, 2.45) is 5.84 Å². The lowest BCUT2D eigenvalue weighted by Gasteiger charge is -2.13. The van der Waals surface area contributed by atoms with Crippen LogP contribution in [0.15, 0.2) is 11.4 Å². The fourth-order valence-electron chi connectivity index (χ4n) is 1.27. The van der Waals surface area contributed by atoms with Gasteiger partial charge >= 0.3 is 0 Å². The molecule has 0 amide bonds. The molecule has 0 saturated heterocycles. The summed E-state index contributed by atoms with van der Waals surface area (Å²) in [6.45, 7) is 2.10. The highest BCUT2D eigenvalue weighted by Gasteiger charge is 2.09. The van der Waals surface area contributed by atoms with Gasteiger partial charge in [-0.2, -0.15) is 0 Å². The van der Waals surface area contributed by atoms with Gasteiger partial charge in [0.15, 0.2) is 0 Å². The molecule has 0 aliphatic heterocycles. The highest BCUT2D eigenvalue weighted by molar-refractivity contribution is 7.10. The molecule has 4 heteroatoms. The van der Waals surface area contributed by atoms with E-state index in [0.29, 0.717) is 5.88 Å². The topological polar surface area (TPSA) is 38.0 Å². The highest BCUT2D eigenvalue weighted by Crippen LogP contribution is 2.23. The lowest BCUT2D eigenvalue weighted by Crippen LogP contribution is -2.27. The summed E-state index contributed by atoms with van der Waals surface area (Å²) in [5.74, 6) is 6.16. The molecule has 1 aromatic rings. The number of aryl methyl sites for hydroxylation is 1. The number of halogens is 1. The second kappa shape index (κ2) is 5.60. The van der Waals surface area contributed by atoms with E-state index in [4.69, 9.17) is 17.4 Å². The molecule has 0 aromatic carbocycles. The first kappa shape index (κ1) is 11.0. The van der Waals surface area contributed by atoms with Crippen LogP contribution in [0.4, 0.5) is 0 Å². The molecule has 0 aliphatic rings. The number of rotatable bonds is 5. The van der Waals surface area contributed by atoms with Crippen LogP contribution in [0.25, 0.3) is 0 Å². The summed E-state index contributed by atoms with van der Waals surface area (Å²) in [5.41, 5.74) is 4.09. The Kier molecular flexibility index (Phi) is 4.73. The Morgan fingerprint density at radius 1 is 1.69 bits per heavy atom. The minimum Gasteiger partial charge on any atom is -0.271 e. The van der Waals surface area contributed by atoms with E-state index in [-0.39, 0.29) is 6.04 Å². The molecule has 0 saturated carbocycles. The Bertz CT molecular complexity index is 250. The fourth-order valence-corrected chi connectivity index (χ4v) is 2.19. The number of nitrogens with one attached hydrogen (secondary N) is 1. The Labute approximate surface area is 88.1 Å². The Hall–Kier alpha value is -0.0900. The monoisotopic (exact) mass is 218 g/mol. The van der Waals surface area contributed by atoms with E-state index >= 15 is 0 Å². The Morgan fingerprint density at radius 2 is 2.46 bits per heavy atom. The molecule has 1 aromatic heterocycles. The van der Waals surface area contributed by atoms with Gasteiger partial charge in [-0.3, -0.25) is 11.3 Å². The van der Waals surface area contributed by atoms with Gasteiger partial charge < -0.3 is 0 Å². The first-order valence-corrected chi connectivity index (χ1v) is 5.76. The number of thiophene rings is 1. The van der Waals surface area contributed by atoms with Gasteiger partial charge in [0, 0.05) is 16.8 Å². The van der Waals surface area contributed by atoms with Crippen LogP contribution in [0.3, 0.4) is 0 Å². The maximum absolute atomic E-state index is 5.63. The summed E-state index contributed by atoms with van der Waals surface area (Å²) in [5, 5.41) is 2.15. The van der Waals surface area contributed by atoms with Crippen LogP contribution in [0.1, 0.15) is 29.3 Å². The van der Waals surface area contributed by atoms with Gasteiger partial charge in [0.25, 0.3) is 0 Å². The zero-order valence-electron chi connectivity index (χ0n) is 7.72. The van der Waals surface area contributed by atoms with Crippen LogP contribution in [0.2, 0.25) is 0 Å². The van der Waals surface area contributed by atoms with Crippen molar-refractivity contribution >= 4 is 22.9 Å². The number of nitrogens with two attached hydrogens (primary N) is 1. The van der Waals surface area contributed by atoms with Crippen molar-refractivity contribution in [3.05, 3.63) is 21.9 Å². The second-order valence-electron chi connectivity index (χ2n) is 3.04. The van der Waals surface area contributed by atoms with Crippen molar-refractivity contribution in [2.75, 3.05) is 5.88 Å². The molecule has 0 aliphatic carbocycles. The summed E-state index contributed by atoms with van der Waals surface area (Å²) >= 11 is 7.38. The van der Waals surface area contributed by atoms with E-state index in [9.17, 15) is 0 Å². The molecule has 13 heavy (non-hydrogen) atoms. The van der Waals surface area contributed by atoms with Crippen LogP contribution in [-0.4, -0.2) is 5.88 Å². The maximum atomic E-state index is 5.63. The van der Waals surface area contributed by atoms with Crippen molar-refractivity contribution < 1.29 is 0 Å². The Balaban J connectivity index is 2.56. The summed E-state index contributed by atoms with van der Waals surface area (Å²) < 4.78 is 0. The maximum Gasteiger partial charge on any atom is 0.0468 e. The molecule has 74 valence electrons. The van der Waals surface area contributed by atoms with E-state index in [1.54, 1.807) is 11.3 Å². The lowest BCUT2D eigenvalue weighted by molar-refractivity contribution is 0.512. The average Bonchev–Trinajstić information content (AvgIpc) is 2.54. The van der Waals surface area contributed by atoms with Gasteiger partial charge in [-0.25, -0.2) is 0 Å². The largest absolute Gasteiger partial charge is 0.271 e. The fraction of sp³-hybridized carbons (Fsp3) is 0.556. The van der Waals surface area contributed by atoms with Crippen LogP contribution < -0.4 is 11.3 Å². The predicted molar refractivity (Wildman–Crippen MR) is 59.1 cm³/mol. The zero-order valence-corrected chi connectivity index (χ0v) is 9.29. The molecule has 0 fully saturated rings. The number of alkyl halides is 1. The SMILES string of the molecule is Cc1cc(C(CCCCl)NN)cs1. The van der Waals surface area contributed by atoms with Crippen molar-refractivity contribution in [1.29, 1.82) is 0 Å². The lowest BCUT2D eigenvalue weighted by atomic mass is 10.1. The summed E-state index contributed by atoms with van der Waals surface area (Å²) in [4.78, 5) is 1.32.